The van der Waals surface area contributed by atoms with Gasteiger partial charge in [0.2, 0.25) is 0 Å². The molecule has 120 valence electrons. The van der Waals surface area contributed by atoms with Crippen LogP contribution in [0.15, 0.2) is 54.6 Å². The summed E-state index contributed by atoms with van der Waals surface area (Å²) in [5.74, 6) is 0. The summed E-state index contributed by atoms with van der Waals surface area (Å²) in [5.41, 5.74) is 7.05. The molecule has 0 bridgehead atoms. The van der Waals surface area contributed by atoms with Gasteiger partial charge < -0.3 is 7.43 Å². The van der Waals surface area contributed by atoms with E-state index in [1.54, 1.807) is 0 Å². The normalized spacial score (nSPS) is 10.3. The fourth-order valence-corrected chi connectivity index (χ4v) is 4.11. The van der Waals surface area contributed by atoms with Crippen LogP contribution < -0.4 is 4.78 Å². The molecule has 1 aromatic heterocycles. The molecule has 0 saturated heterocycles. The van der Waals surface area contributed by atoms with Crippen molar-refractivity contribution in [3.8, 4) is 21.6 Å². The van der Waals surface area contributed by atoms with Crippen LogP contribution in [0.1, 0.15) is 25.0 Å². The SMILES string of the molecule is CC.C[B]c1cc2c(s1)-c1ccccc1Cc1ccccc1-2.[CH3-].[Y]. The molecule has 3 heteroatoms. The summed E-state index contributed by atoms with van der Waals surface area (Å²) >= 11 is 1.90. The van der Waals surface area contributed by atoms with Gasteiger partial charge >= 0.3 is 0 Å². The Hall–Kier alpha value is -0.691. The molecule has 0 fully saturated rings. The molecule has 0 saturated carbocycles. The van der Waals surface area contributed by atoms with E-state index in [-0.39, 0.29) is 40.1 Å². The average molecular weight is 407 g/mol. The average Bonchev–Trinajstić information content (AvgIpc) is 2.97. The van der Waals surface area contributed by atoms with Gasteiger partial charge in [-0.2, -0.15) is 11.3 Å². The molecule has 0 amide bonds. The van der Waals surface area contributed by atoms with E-state index in [2.05, 4.69) is 68.7 Å². The molecule has 0 unspecified atom stereocenters. The van der Waals surface area contributed by atoms with Gasteiger partial charge in [-0.25, -0.2) is 0 Å². The van der Waals surface area contributed by atoms with Gasteiger partial charge in [-0.3, -0.25) is 0 Å². The number of rotatable bonds is 1. The number of hydrogen-bond donors (Lipinski definition) is 0. The Morgan fingerprint density at radius 2 is 1.38 bits per heavy atom. The van der Waals surface area contributed by atoms with Crippen LogP contribution in [0.2, 0.25) is 6.82 Å². The fraction of sp³-hybridized carbons (Fsp3) is 0.190. The first kappa shape index (κ1) is 21.4. The summed E-state index contributed by atoms with van der Waals surface area (Å²) in [5, 5.41) is 0. The molecule has 0 N–H and O–H groups in total. The monoisotopic (exact) mass is 407 g/mol. The van der Waals surface area contributed by atoms with Crippen molar-refractivity contribution >= 4 is 23.4 Å². The Balaban J connectivity index is 0.000000695. The van der Waals surface area contributed by atoms with E-state index in [1.807, 2.05) is 25.2 Å². The van der Waals surface area contributed by atoms with Crippen LogP contribution in [0.4, 0.5) is 0 Å². The van der Waals surface area contributed by atoms with Crippen molar-refractivity contribution < 1.29 is 32.7 Å². The first-order valence-corrected chi connectivity index (χ1v) is 8.78. The molecular formula is C21H23BSY-. The third kappa shape index (κ3) is 3.93. The maximum Gasteiger partial charge on any atom is 0.162 e. The number of thiophene rings is 1. The van der Waals surface area contributed by atoms with Crippen LogP contribution in [0.5, 0.6) is 0 Å². The summed E-state index contributed by atoms with van der Waals surface area (Å²) in [6.45, 7) is 6.11. The quantitative estimate of drug-likeness (QED) is 0.275. The first-order chi connectivity index (χ1) is 10.9. The van der Waals surface area contributed by atoms with Crippen LogP contribution in [0.3, 0.4) is 0 Å². The van der Waals surface area contributed by atoms with Crippen LogP contribution >= 0.6 is 11.3 Å². The molecule has 1 aliphatic rings. The van der Waals surface area contributed by atoms with Crippen molar-refractivity contribution in [3.05, 3.63) is 73.2 Å². The molecular weight excluding hydrogens is 384 g/mol. The van der Waals surface area contributed by atoms with Gasteiger partial charge in [-0.15, -0.1) is 0 Å². The van der Waals surface area contributed by atoms with Crippen molar-refractivity contribution in [2.45, 2.75) is 27.1 Å². The summed E-state index contributed by atoms with van der Waals surface area (Å²) in [4.78, 5) is 1.42. The van der Waals surface area contributed by atoms with E-state index in [4.69, 9.17) is 0 Å². The summed E-state index contributed by atoms with van der Waals surface area (Å²) in [6, 6.07) is 19.9. The largest absolute Gasteiger partial charge is 0.358 e. The van der Waals surface area contributed by atoms with Gasteiger partial charge in [-0.05, 0) is 45.1 Å². The zero-order valence-electron chi connectivity index (χ0n) is 15.0. The third-order valence-electron chi connectivity index (χ3n) is 3.99. The fourth-order valence-electron chi connectivity index (χ4n) is 2.99. The molecule has 24 heavy (non-hydrogen) atoms. The molecule has 2 aromatic carbocycles. The van der Waals surface area contributed by atoms with Crippen LogP contribution in [-0.4, -0.2) is 7.28 Å². The minimum Gasteiger partial charge on any atom is -0.358 e. The van der Waals surface area contributed by atoms with E-state index in [0.29, 0.717) is 0 Å². The molecule has 0 spiro atoms. The smallest absolute Gasteiger partial charge is 0.162 e. The molecule has 2 radical (unpaired) electrons. The van der Waals surface area contributed by atoms with Gasteiger partial charge in [0.1, 0.15) is 0 Å². The zero-order chi connectivity index (χ0) is 15.5. The van der Waals surface area contributed by atoms with Gasteiger partial charge in [0, 0.05) is 37.6 Å². The van der Waals surface area contributed by atoms with Gasteiger partial charge in [0.25, 0.3) is 0 Å². The van der Waals surface area contributed by atoms with Crippen LogP contribution in [-0.2, 0) is 39.1 Å². The Morgan fingerprint density at radius 3 is 2.00 bits per heavy atom. The predicted octanol–water partition coefficient (Wildman–Crippen LogP) is 5.84. The maximum atomic E-state index is 2.33. The van der Waals surface area contributed by atoms with Crippen LogP contribution in [0, 0.1) is 7.43 Å². The zero-order valence-corrected chi connectivity index (χ0v) is 18.6. The molecule has 0 aliphatic heterocycles. The molecule has 0 atom stereocenters. The standard InChI is InChI=1S/C18H14BS.C2H6.CH3.Y/c1-19-17-11-16-14-8-4-2-6-12(14)10-13-7-3-5-9-15(13)18(16)20-17;1-2;;/h2-9,11H,10H2,1H3;1-2H3;1H3;/q;;-1;. The van der Waals surface area contributed by atoms with E-state index in [1.165, 1.54) is 37.5 Å². The molecule has 0 nitrogen and oxygen atoms in total. The van der Waals surface area contributed by atoms with Crippen molar-refractivity contribution in [1.29, 1.82) is 0 Å². The van der Waals surface area contributed by atoms with Gasteiger partial charge in [0.15, 0.2) is 7.28 Å². The predicted molar refractivity (Wildman–Crippen MR) is 107 cm³/mol. The summed E-state index contributed by atoms with van der Waals surface area (Å²) in [7, 11) is 2.20. The molecule has 4 rings (SSSR count). The number of fused-ring (bicyclic) bond motifs is 5. The van der Waals surface area contributed by atoms with E-state index >= 15 is 0 Å². The third-order valence-corrected chi connectivity index (χ3v) is 5.22. The second kappa shape index (κ2) is 9.70. The topological polar surface area (TPSA) is 0 Å². The van der Waals surface area contributed by atoms with E-state index < -0.39 is 0 Å². The number of hydrogen-bond acceptors (Lipinski definition) is 1. The molecule has 1 heterocycles. The second-order valence-corrected chi connectivity index (χ2v) is 6.26. The minimum absolute atomic E-state index is 0. The Kier molecular flexibility index (Phi) is 8.63. The van der Waals surface area contributed by atoms with E-state index in [9.17, 15) is 0 Å². The molecule has 1 aliphatic carbocycles. The summed E-state index contributed by atoms with van der Waals surface area (Å²) in [6.07, 6.45) is 1.03. The molecule has 3 aromatic rings. The second-order valence-electron chi connectivity index (χ2n) is 5.17. The van der Waals surface area contributed by atoms with Crippen molar-refractivity contribution in [2.75, 3.05) is 0 Å². The van der Waals surface area contributed by atoms with Crippen molar-refractivity contribution in [2.24, 2.45) is 0 Å². The van der Waals surface area contributed by atoms with E-state index in [0.717, 1.165) is 6.42 Å². The Labute approximate surface area is 176 Å². The van der Waals surface area contributed by atoms with Crippen LogP contribution in [0.25, 0.3) is 21.6 Å². The Morgan fingerprint density at radius 1 is 0.833 bits per heavy atom. The maximum absolute atomic E-state index is 2.33. The summed E-state index contributed by atoms with van der Waals surface area (Å²) < 4.78 is 1.35. The van der Waals surface area contributed by atoms with Gasteiger partial charge in [-0.1, -0.05) is 69.2 Å². The van der Waals surface area contributed by atoms with Gasteiger partial charge in [0.05, 0.1) is 0 Å². The minimum atomic E-state index is 0. The Bertz CT molecular complexity index is 729. The van der Waals surface area contributed by atoms with Crippen molar-refractivity contribution in [1.82, 2.24) is 0 Å². The van der Waals surface area contributed by atoms with Crippen molar-refractivity contribution in [3.63, 3.8) is 0 Å². The first-order valence-electron chi connectivity index (χ1n) is 7.96. The number of benzene rings is 2.